The van der Waals surface area contributed by atoms with Gasteiger partial charge in [-0.15, -0.1) is 0 Å². The second-order valence-electron chi connectivity index (χ2n) is 8.51. The average molecular weight is 603 g/mol. The molecule has 0 amide bonds. The Morgan fingerprint density at radius 3 is 1.37 bits per heavy atom. The van der Waals surface area contributed by atoms with E-state index in [-0.39, 0.29) is 20.0 Å². The van der Waals surface area contributed by atoms with Crippen LogP contribution in [0.3, 0.4) is 0 Å². The molecule has 0 spiro atoms. The molecule has 4 aromatic rings. The number of anilines is 2. The molecule has 208 valence electrons. The van der Waals surface area contributed by atoms with Crippen LogP contribution in [0.5, 0.6) is 0 Å². The van der Waals surface area contributed by atoms with E-state index in [1.807, 2.05) is 50.2 Å². The molecule has 0 atom stereocenters. The van der Waals surface area contributed by atoms with Gasteiger partial charge in [-0.05, 0) is 111 Å². The van der Waals surface area contributed by atoms with Gasteiger partial charge >= 0.3 is 0 Å². The molecule has 4 N–H and O–H groups in total. The predicted molar refractivity (Wildman–Crippen MR) is 170 cm³/mol. The Balaban J connectivity index is 1.33. The summed E-state index contributed by atoms with van der Waals surface area (Å²) in [6.45, 7) is 3.62. The number of hydrazone groups is 2. The first kappa shape index (κ1) is 29.4. The first-order valence-corrected chi connectivity index (χ1v) is 14.5. The highest BCUT2D eigenvalue weighted by atomic mass is 32.2. The fourth-order valence-electron chi connectivity index (χ4n) is 3.43. The summed E-state index contributed by atoms with van der Waals surface area (Å²) in [5.74, 6) is 0. The van der Waals surface area contributed by atoms with Crippen molar-refractivity contribution in [2.24, 2.45) is 10.2 Å². The molecule has 0 saturated heterocycles. The van der Waals surface area contributed by atoms with Crippen molar-refractivity contribution in [2.45, 2.75) is 23.6 Å². The van der Waals surface area contributed by atoms with Crippen molar-refractivity contribution in [3.05, 3.63) is 109 Å². The van der Waals surface area contributed by atoms with E-state index in [9.17, 15) is 8.42 Å². The average Bonchev–Trinajstić information content (AvgIpc) is 3.00. The third-order valence-corrected chi connectivity index (χ3v) is 7.74. The molecular formula is C28H26N8O2S3. The molecular weight excluding hydrogens is 577 g/mol. The van der Waals surface area contributed by atoms with Crippen LogP contribution in [-0.4, -0.2) is 40.0 Å². The van der Waals surface area contributed by atoms with Gasteiger partial charge in [0.1, 0.15) is 0 Å². The first-order chi connectivity index (χ1) is 19.7. The summed E-state index contributed by atoms with van der Waals surface area (Å²) in [7, 11) is -3.74. The molecule has 2 heterocycles. The van der Waals surface area contributed by atoms with E-state index in [4.69, 9.17) is 24.4 Å². The maximum Gasteiger partial charge on any atom is 0.206 e. The Morgan fingerprint density at radius 1 is 0.634 bits per heavy atom. The Kier molecular flexibility index (Phi) is 9.79. The number of nitrogens with one attached hydrogen (secondary N) is 4. The molecule has 0 aliphatic heterocycles. The van der Waals surface area contributed by atoms with Crippen molar-refractivity contribution >= 4 is 67.3 Å². The SMILES string of the molecule is C/C(=N\NC(=S)Nc1ccc(S(=O)(=O)c2ccc(NC(=S)N/N=C(\C)c3ccccn3)cc2)cc1)c1ccccn1. The van der Waals surface area contributed by atoms with Crippen molar-refractivity contribution in [1.82, 2.24) is 20.8 Å². The number of rotatable bonds is 8. The molecule has 0 unspecified atom stereocenters. The van der Waals surface area contributed by atoms with E-state index in [0.717, 1.165) is 11.4 Å². The minimum absolute atomic E-state index is 0.142. The Labute approximate surface area is 249 Å². The number of sulfone groups is 1. The molecule has 0 bridgehead atoms. The summed E-state index contributed by atoms with van der Waals surface area (Å²) in [5, 5.41) is 14.9. The van der Waals surface area contributed by atoms with Gasteiger partial charge in [0.15, 0.2) is 10.2 Å². The summed E-state index contributed by atoms with van der Waals surface area (Å²) >= 11 is 10.6. The zero-order chi connectivity index (χ0) is 29.2. The Hall–Kier alpha value is -4.59. The molecule has 0 aliphatic rings. The van der Waals surface area contributed by atoms with E-state index in [0.29, 0.717) is 22.8 Å². The molecule has 13 heteroatoms. The van der Waals surface area contributed by atoms with Crippen molar-refractivity contribution in [3.63, 3.8) is 0 Å². The van der Waals surface area contributed by atoms with Gasteiger partial charge in [0.25, 0.3) is 0 Å². The highest BCUT2D eigenvalue weighted by molar-refractivity contribution is 7.91. The van der Waals surface area contributed by atoms with Crippen LogP contribution in [0, 0.1) is 0 Å². The molecule has 2 aromatic carbocycles. The van der Waals surface area contributed by atoms with Gasteiger partial charge < -0.3 is 10.6 Å². The topological polar surface area (TPSA) is 133 Å². The zero-order valence-corrected chi connectivity index (χ0v) is 24.5. The van der Waals surface area contributed by atoms with Crippen molar-refractivity contribution in [3.8, 4) is 0 Å². The van der Waals surface area contributed by atoms with Gasteiger partial charge in [0.2, 0.25) is 9.84 Å². The lowest BCUT2D eigenvalue weighted by Gasteiger charge is -2.11. The van der Waals surface area contributed by atoms with Crippen LogP contribution in [0.4, 0.5) is 11.4 Å². The van der Waals surface area contributed by atoms with Crippen molar-refractivity contribution < 1.29 is 8.42 Å². The standard InChI is InChI=1S/C28H26N8O2S3/c1-19(25-7-3-5-17-29-25)33-35-27(39)31-21-9-13-23(14-10-21)41(37,38)24-15-11-22(12-16-24)32-28(40)36-34-20(2)26-8-4-6-18-30-26/h3-18H,1-2H3,(H2,31,35,39)(H2,32,36,40)/b33-19+,34-20+. The quantitative estimate of drug-likeness (QED) is 0.127. The van der Waals surface area contributed by atoms with Crippen LogP contribution in [0.25, 0.3) is 0 Å². The number of nitrogens with zero attached hydrogens (tertiary/aromatic N) is 4. The molecule has 0 fully saturated rings. The molecule has 0 aliphatic carbocycles. The summed E-state index contributed by atoms with van der Waals surface area (Å²) in [5.41, 5.74) is 9.51. The van der Waals surface area contributed by atoms with Crippen LogP contribution in [0.2, 0.25) is 0 Å². The molecule has 41 heavy (non-hydrogen) atoms. The minimum Gasteiger partial charge on any atom is -0.331 e. The van der Waals surface area contributed by atoms with Crippen molar-refractivity contribution in [1.29, 1.82) is 0 Å². The second kappa shape index (κ2) is 13.7. The largest absolute Gasteiger partial charge is 0.331 e. The van der Waals surface area contributed by atoms with Gasteiger partial charge in [0.05, 0.1) is 32.6 Å². The molecule has 0 radical (unpaired) electrons. The second-order valence-corrected chi connectivity index (χ2v) is 11.3. The zero-order valence-electron chi connectivity index (χ0n) is 22.1. The monoisotopic (exact) mass is 602 g/mol. The maximum atomic E-state index is 13.2. The van der Waals surface area contributed by atoms with E-state index in [1.54, 1.807) is 36.7 Å². The lowest BCUT2D eigenvalue weighted by Crippen LogP contribution is -2.25. The Bertz CT molecular complexity index is 1560. The number of aromatic nitrogens is 2. The van der Waals surface area contributed by atoms with E-state index >= 15 is 0 Å². The maximum absolute atomic E-state index is 13.2. The number of hydrogen-bond acceptors (Lipinski definition) is 8. The summed E-state index contributed by atoms with van der Waals surface area (Å²) in [6, 6.07) is 23.6. The Morgan fingerprint density at radius 2 is 1.02 bits per heavy atom. The van der Waals surface area contributed by atoms with Gasteiger partial charge in [-0.2, -0.15) is 10.2 Å². The number of pyridine rings is 2. The van der Waals surface area contributed by atoms with E-state index in [2.05, 4.69) is 41.7 Å². The lowest BCUT2D eigenvalue weighted by atomic mass is 10.3. The number of thiocarbonyl (C=S) groups is 2. The summed E-state index contributed by atoms with van der Waals surface area (Å²) in [4.78, 5) is 8.74. The minimum atomic E-state index is -3.74. The molecule has 0 saturated carbocycles. The van der Waals surface area contributed by atoms with Crippen LogP contribution in [0.15, 0.2) is 117 Å². The third kappa shape index (κ3) is 8.20. The molecule has 2 aromatic heterocycles. The van der Waals surface area contributed by atoms with Crippen LogP contribution in [0.1, 0.15) is 25.2 Å². The smallest absolute Gasteiger partial charge is 0.206 e. The van der Waals surface area contributed by atoms with E-state index < -0.39 is 9.84 Å². The van der Waals surface area contributed by atoms with E-state index in [1.165, 1.54) is 24.3 Å². The van der Waals surface area contributed by atoms with Gasteiger partial charge in [0, 0.05) is 23.8 Å². The third-order valence-electron chi connectivity index (χ3n) is 5.57. The molecule has 10 nitrogen and oxygen atoms in total. The first-order valence-electron chi connectivity index (χ1n) is 12.2. The summed E-state index contributed by atoms with van der Waals surface area (Å²) < 4.78 is 26.3. The van der Waals surface area contributed by atoms with Gasteiger partial charge in [-0.25, -0.2) is 8.42 Å². The van der Waals surface area contributed by atoms with Gasteiger partial charge in [-0.3, -0.25) is 20.8 Å². The normalized spacial score (nSPS) is 11.9. The highest BCUT2D eigenvalue weighted by Gasteiger charge is 2.17. The predicted octanol–water partition coefficient (Wildman–Crippen LogP) is 4.73. The number of benzene rings is 2. The number of hydrogen-bond donors (Lipinski definition) is 4. The van der Waals surface area contributed by atoms with Gasteiger partial charge in [-0.1, -0.05) is 12.1 Å². The van der Waals surface area contributed by atoms with Crippen LogP contribution in [-0.2, 0) is 9.84 Å². The fraction of sp³-hybridized carbons (Fsp3) is 0.0714. The highest BCUT2D eigenvalue weighted by Crippen LogP contribution is 2.24. The lowest BCUT2D eigenvalue weighted by molar-refractivity contribution is 0.596. The fourth-order valence-corrected chi connectivity index (χ4v) is 5.01. The summed E-state index contributed by atoms with van der Waals surface area (Å²) in [6.07, 6.45) is 3.37. The molecule has 4 rings (SSSR count). The van der Waals surface area contributed by atoms with Crippen LogP contribution < -0.4 is 21.5 Å². The van der Waals surface area contributed by atoms with Crippen LogP contribution >= 0.6 is 24.4 Å². The van der Waals surface area contributed by atoms with Crippen molar-refractivity contribution in [2.75, 3.05) is 10.6 Å².